The van der Waals surface area contributed by atoms with Gasteiger partial charge in [-0.3, -0.25) is 0 Å². The topological polar surface area (TPSA) is 38.1 Å². The number of para-hydroxylation sites is 1. The third-order valence-electron chi connectivity index (χ3n) is 3.15. The fraction of sp³-hybridized carbons (Fsp3) is 0.133. The summed E-state index contributed by atoms with van der Waals surface area (Å²) < 4.78 is 1.93. The number of aryl methyl sites for hydroxylation is 2. The molecule has 0 spiro atoms. The fourth-order valence-corrected chi connectivity index (χ4v) is 2.29. The number of phenols is 1. The van der Waals surface area contributed by atoms with Crippen molar-refractivity contribution in [2.75, 3.05) is 0 Å². The Morgan fingerprint density at radius 2 is 1.89 bits per heavy atom. The number of rotatable bonds is 1. The number of phenolic OH excluding ortho intramolecular Hbond substituents is 1. The van der Waals surface area contributed by atoms with Gasteiger partial charge in [0.15, 0.2) is 0 Å². The monoisotopic (exact) mass is 238 g/mol. The molecule has 3 aromatic rings. The summed E-state index contributed by atoms with van der Waals surface area (Å²) in [5.41, 5.74) is 3.85. The van der Waals surface area contributed by atoms with Crippen molar-refractivity contribution >= 4 is 11.0 Å². The lowest BCUT2D eigenvalue weighted by atomic mass is 10.1. The molecule has 0 aliphatic heterocycles. The van der Waals surface area contributed by atoms with Crippen LogP contribution in [-0.2, 0) is 7.05 Å². The van der Waals surface area contributed by atoms with Crippen LogP contribution >= 0.6 is 0 Å². The number of aromatic nitrogens is 2. The van der Waals surface area contributed by atoms with Gasteiger partial charge >= 0.3 is 0 Å². The van der Waals surface area contributed by atoms with Crippen LogP contribution in [0.25, 0.3) is 22.4 Å². The van der Waals surface area contributed by atoms with Gasteiger partial charge < -0.3 is 9.67 Å². The first-order valence-corrected chi connectivity index (χ1v) is 5.88. The van der Waals surface area contributed by atoms with Crippen LogP contribution in [0.15, 0.2) is 42.5 Å². The highest BCUT2D eigenvalue weighted by Crippen LogP contribution is 2.29. The third-order valence-corrected chi connectivity index (χ3v) is 3.15. The Kier molecular flexibility index (Phi) is 2.33. The Hall–Kier alpha value is -2.29. The van der Waals surface area contributed by atoms with E-state index in [4.69, 9.17) is 0 Å². The predicted molar refractivity (Wildman–Crippen MR) is 72.6 cm³/mol. The van der Waals surface area contributed by atoms with Crippen molar-refractivity contribution in [3.05, 3.63) is 48.0 Å². The van der Waals surface area contributed by atoms with E-state index >= 15 is 0 Å². The molecule has 0 atom stereocenters. The molecule has 1 heterocycles. The van der Waals surface area contributed by atoms with Crippen LogP contribution in [-0.4, -0.2) is 14.7 Å². The lowest BCUT2D eigenvalue weighted by Crippen LogP contribution is -1.92. The molecule has 0 bridgehead atoms. The molecule has 0 saturated heterocycles. The molecule has 3 rings (SSSR count). The summed E-state index contributed by atoms with van der Waals surface area (Å²) in [7, 11) is 1.92. The predicted octanol–water partition coefficient (Wildman–Crippen LogP) is 3.25. The number of hydrogen-bond donors (Lipinski definition) is 1. The molecule has 0 unspecified atom stereocenters. The van der Waals surface area contributed by atoms with Crippen LogP contribution in [0.3, 0.4) is 0 Å². The van der Waals surface area contributed by atoms with Crippen LogP contribution < -0.4 is 0 Å². The van der Waals surface area contributed by atoms with E-state index in [0.717, 1.165) is 22.4 Å². The number of benzene rings is 2. The molecule has 0 aliphatic carbocycles. The van der Waals surface area contributed by atoms with Crippen LogP contribution in [0.1, 0.15) is 5.56 Å². The van der Waals surface area contributed by atoms with Crippen molar-refractivity contribution in [1.82, 2.24) is 9.55 Å². The molecular weight excluding hydrogens is 224 g/mol. The van der Waals surface area contributed by atoms with Crippen LogP contribution in [0, 0.1) is 6.92 Å². The van der Waals surface area contributed by atoms with Gasteiger partial charge in [-0.1, -0.05) is 29.8 Å². The molecule has 2 aromatic carbocycles. The van der Waals surface area contributed by atoms with Crippen molar-refractivity contribution in [3.63, 3.8) is 0 Å². The van der Waals surface area contributed by atoms with Crippen molar-refractivity contribution in [3.8, 4) is 17.1 Å². The molecule has 18 heavy (non-hydrogen) atoms. The fourth-order valence-electron chi connectivity index (χ4n) is 2.29. The lowest BCUT2D eigenvalue weighted by molar-refractivity contribution is 0.479. The second-order valence-electron chi connectivity index (χ2n) is 4.51. The van der Waals surface area contributed by atoms with E-state index in [9.17, 15) is 5.11 Å². The van der Waals surface area contributed by atoms with E-state index < -0.39 is 0 Å². The average molecular weight is 238 g/mol. The molecule has 0 aliphatic rings. The summed E-state index contributed by atoms with van der Waals surface area (Å²) in [5.74, 6) is 1.14. The first-order valence-electron chi connectivity index (χ1n) is 5.88. The maximum atomic E-state index is 9.91. The number of fused-ring (bicyclic) bond motifs is 1. The maximum absolute atomic E-state index is 9.91. The van der Waals surface area contributed by atoms with Gasteiger partial charge in [0.25, 0.3) is 0 Å². The zero-order valence-corrected chi connectivity index (χ0v) is 10.4. The van der Waals surface area contributed by atoms with Gasteiger partial charge in [0.2, 0.25) is 0 Å². The molecule has 1 N–H and O–H groups in total. The van der Waals surface area contributed by atoms with E-state index in [1.165, 1.54) is 5.56 Å². The normalized spacial score (nSPS) is 11.0. The highest BCUT2D eigenvalue weighted by Gasteiger charge is 2.12. The second-order valence-corrected chi connectivity index (χ2v) is 4.51. The Morgan fingerprint density at radius 1 is 1.11 bits per heavy atom. The first kappa shape index (κ1) is 10.8. The summed E-state index contributed by atoms with van der Waals surface area (Å²) in [6.45, 7) is 2.06. The minimum atomic E-state index is 0.265. The Bertz CT molecular complexity index is 728. The number of aromatic hydroxyl groups is 1. The van der Waals surface area contributed by atoms with Crippen molar-refractivity contribution in [1.29, 1.82) is 0 Å². The average Bonchev–Trinajstić information content (AvgIpc) is 2.68. The van der Waals surface area contributed by atoms with E-state index in [1.54, 1.807) is 6.07 Å². The van der Waals surface area contributed by atoms with Gasteiger partial charge in [-0.15, -0.1) is 0 Å². The van der Waals surface area contributed by atoms with E-state index in [0.29, 0.717) is 0 Å². The van der Waals surface area contributed by atoms with Gasteiger partial charge in [0, 0.05) is 12.6 Å². The largest absolute Gasteiger partial charge is 0.506 e. The summed E-state index contributed by atoms with van der Waals surface area (Å²) in [4.78, 5) is 4.59. The molecule has 90 valence electrons. The van der Waals surface area contributed by atoms with Gasteiger partial charge in [-0.2, -0.15) is 0 Å². The molecule has 0 fully saturated rings. The van der Waals surface area contributed by atoms with Gasteiger partial charge in [-0.05, 0) is 25.1 Å². The molecule has 0 saturated carbocycles. The Labute approximate surface area is 105 Å². The smallest absolute Gasteiger partial charge is 0.141 e. The summed E-state index contributed by atoms with van der Waals surface area (Å²) >= 11 is 0. The lowest BCUT2D eigenvalue weighted by Gasteiger charge is -2.04. The zero-order chi connectivity index (χ0) is 12.7. The van der Waals surface area contributed by atoms with E-state index in [1.807, 2.05) is 35.9 Å². The quantitative estimate of drug-likeness (QED) is 0.706. The summed E-state index contributed by atoms with van der Waals surface area (Å²) in [5, 5.41) is 9.91. The van der Waals surface area contributed by atoms with Gasteiger partial charge in [0.1, 0.15) is 17.1 Å². The molecular formula is C15H14N2O. The number of nitrogens with zero attached hydrogens (tertiary/aromatic N) is 2. The highest BCUT2D eigenvalue weighted by molar-refractivity contribution is 5.85. The maximum Gasteiger partial charge on any atom is 0.141 e. The standard InChI is InChI=1S/C15H14N2O/c1-10-5-3-6-11(9-10)15-16-12-7-4-8-13(18)14(12)17(15)2/h3-9,18H,1-2H3. The van der Waals surface area contributed by atoms with Crippen LogP contribution in [0.5, 0.6) is 5.75 Å². The first-order chi connectivity index (χ1) is 8.66. The molecule has 0 radical (unpaired) electrons. The van der Waals surface area contributed by atoms with Gasteiger partial charge in [0.05, 0.1) is 5.52 Å². The number of imidazole rings is 1. The summed E-state index contributed by atoms with van der Waals surface area (Å²) in [6, 6.07) is 13.6. The Morgan fingerprint density at radius 3 is 2.61 bits per heavy atom. The van der Waals surface area contributed by atoms with Crippen molar-refractivity contribution in [2.45, 2.75) is 6.92 Å². The van der Waals surface area contributed by atoms with Crippen LogP contribution in [0.2, 0.25) is 0 Å². The van der Waals surface area contributed by atoms with Crippen molar-refractivity contribution < 1.29 is 5.11 Å². The van der Waals surface area contributed by atoms with Gasteiger partial charge in [-0.25, -0.2) is 4.98 Å². The molecule has 1 aromatic heterocycles. The SMILES string of the molecule is Cc1cccc(-c2nc3cccc(O)c3n2C)c1. The van der Waals surface area contributed by atoms with Crippen molar-refractivity contribution in [2.24, 2.45) is 7.05 Å². The number of hydrogen-bond acceptors (Lipinski definition) is 2. The molecule has 3 nitrogen and oxygen atoms in total. The Balaban J connectivity index is 2.31. The van der Waals surface area contributed by atoms with E-state index in [2.05, 4.69) is 24.0 Å². The third kappa shape index (κ3) is 1.56. The summed E-state index contributed by atoms with van der Waals surface area (Å²) in [6.07, 6.45) is 0. The highest BCUT2D eigenvalue weighted by atomic mass is 16.3. The minimum absolute atomic E-state index is 0.265. The second kappa shape index (κ2) is 3.88. The minimum Gasteiger partial charge on any atom is -0.506 e. The molecule has 3 heteroatoms. The molecule has 0 amide bonds. The zero-order valence-electron chi connectivity index (χ0n) is 10.4. The van der Waals surface area contributed by atoms with E-state index in [-0.39, 0.29) is 5.75 Å². The van der Waals surface area contributed by atoms with Crippen LogP contribution in [0.4, 0.5) is 0 Å².